The minimum absolute atomic E-state index is 0.316. The van der Waals surface area contributed by atoms with Crippen molar-refractivity contribution in [2.45, 2.75) is 25.5 Å². The van der Waals surface area contributed by atoms with Crippen LogP contribution in [0, 0.1) is 0 Å². The fourth-order valence-corrected chi connectivity index (χ4v) is 2.79. The summed E-state index contributed by atoms with van der Waals surface area (Å²) in [6, 6.07) is 10.4. The fraction of sp³-hybridized carbons (Fsp3) is 0.375. The third-order valence-electron chi connectivity index (χ3n) is 3.29. The van der Waals surface area contributed by atoms with Crippen LogP contribution in [0.4, 0.5) is 0 Å². The van der Waals surface area contributed by atoms with Gasteiger partial charge in [-0.1, -0.05) is 12.1 Å². The summed E-state index contributed by atoms with van der Waals surface area (Å²) >= 11 is 1.61. The smallest absolute Gasteiger partial charge is 0.118 e. The Morgan fingerprint density at radius 2 is 2.00 bits per heavy atom. The average molecular weight is 291 g/mol. The standard InChI is InChI=1S/C16H21NO2S/c1-12(9-13-3-5-15(19-2)6-4-13)17-10-16(18)14-7-8-20-11-14/h3-8,11-12,16-18H,9-10H2,1-2H3. The van der Waals surface area contributed by atoms with E-state index in [1.165, 1.54) is 5.56 Å². The Balaban J connectivity index is 1.78. The van der Waals surface area contributed by atoms with E-state index in [9.17, 15) is 5.11 Å². The van der Waals surface area contributed by atoms with Gasteiger partial charge in [-0.3, -0.25) is 0 Å². The van der Waals surface area contributed by atoms with Crippen molar-refractivity contribution in [1.29, 1.82) is 0 Å². The molecule has 0 fully saturated rings. The minimum Gasteiger partial charge on any atom is -0.497 e. The highest BCUT2D eigenvalue weighted by molar-refractivity contribution is 7.07. The maximum absolute atomic E-state index is 10.0. The molecule has 2 unspecified atom stereocenters. The molecule has 2 atom stereocenters. The van der Waals surface area contributed by atoms with Crippen LogP contribution in [0.5, 0.6) is 5.75 Å². The quantitative estimate of drug-likeness (QED) is 0.824. The summed E-state index contributed by atoms with van der Waals surface area (Å²) in [4.78, 5) is 0. The van der Waals surface area contributed by atoms with Crippen LogP contribution in [-0.4, -0.2) is 24.8 Å². The number of benzene rings is 1. The van der Waals surface area contributed by atoms with Gasteiger partial charge in [-0.05, 0) is 53.4 Å². The molecule has 1 aromatic heterocycles. The lowest BCUT2D eigenvalue weighted by Gasteiger charge is -2.17. The Morgan fingerprint density at radius 1 is 1.25 bits per heavy atom. The highest BCUT2D eigenvalue weighted by Gasteiger charge is 2.10. The van der Waals surface area contributed by atoms with E-state index in [2.05, 4.69) is 24.4 Å². The first-order valence-electron chi connectivity index (χ1n) is 6.75. The van der Waals surface area contributed by atoms with Gasteiger partial charge in [-0.25, -0.2) is 0 Å². The topological polar surface area (TPSA) is 41.5 Å². The molecule has 0 spiro atoms. The second-order valence-electron chi connectivity index (χ2n) is 4.93. The van der Waals surface area contributed by atoms with E-state index < -0.39 is 6.10 Å². The van der Waals surface area contributed by atoms with Crippen molar-refractivity contribution in [3.63, 3.8) is 0 Å². The van der Waals surface area contributed by atoms with Crippen molar-refractivity contribution >= 4 is 11.3 Å². The molecule has 20 heavy (non-hydrogen) atoms. The van der Waals surface area contributed by atoms with Crippen LogP contribution in [0.15, 0.2) is 41.1 Å². The zero-order valence-corrected chi connectivity index (χ0v) is 12.7. The summed E-state index contributed by atoms with van der Waals surface area (Å²) in [6.07, 6.45) is 0.500. The zero-order chi connectivity index (χ0) is 14.4. The second kappa shape index (κ2) is 7.43. The number of rotatable bonds is 7. The van der Waals surface area contributed by atoms with Crippen LogP contribution in [0.1, 0.15) is 24.2 Å². The number of nitrogens with one attached hydrogen (secondary N) is 1. The molecule has 0 saturated heterocycles. The van der Waals surface area contributed by atoms with Gasteiger partial charge in [0.2, 0.25) is 0 Å². The van der Waals surface area contributed by atoms with Gasteiger partial charge in [0.05, 0.1) is 13.2 Å². The molecule has 0 aliphatic heterocycles. The SMILES string of the molecule is COc1ccc(CC(C)NCC(O)c2ccsc2)cc1. The molecule has 0 bridgehead atoms. The summed E-state index contributed by atoms with van der Waals surface area (Å²) in [5, 5.41) is 17.4. The molecule has 1 heterocycles. The molecule has 0 aliphatic rings. The van der Waals surface area contributed by atoms with Crippen molar-refractivity contribution in [2.75, 3.05) is 13.7 Å². The largest absolute Gasteiger partial charge is 0.497 e. The molecule has 0 amide bonds. The molecular weight excluding hydrogens is 270 g/mol. The van der Waals surface area contributed by atoms with Gasteiger partial charge in [0.25, 0.3) is 0 Å². The van der Waals surface area contributed by atoms with Crippen LogP contribution in [-0.2, 0) is 6.42 Å². The highest BCUT2D eigenvalue weighted by Crippen LogP contribution is 2.16. The lowest BCUT2D eigenvalue weighted by atomic mass is 10.1. The summed E-state index contributed by atoms with van der Waals surface area (Å²) in [5.41, 5.74) is 2.25. The number of aliphatic hydroxyl groups is 1. The molecule has 0 saturated carbocycles. The molecule has 4 heteroatoms. The van der Waals surface area contributed by atoms with Crippen LogP contribution in [0.2, 0.25) is 0 Å². The van der Waals surface area contributed by atoms with Crippen LogP contribution in [0.25, 0.3) is 0 Å². The van der Waals surface area contributed by atoms with Gasteiger partial charge in [0, 0.05) is 12.6 Å². The maximum Gasteiger partial charge on any atom is 0.118 e. The van der Waals surface area contributed by atoms with E-state index >= 15 is 0 Å². The van der Waals surface area contributed by atoms with Crippen molar-refractivity contribution in [3.05, 3.63) is 52.2 Å². The van der Waals surface area contributed by atoms with Gasteiger partial charge in [0.1, 0.15) is 5.75 Å². The van der Waals surface area contributed by atoms with Crippen molar-refractivity contribution in [2.24, 2.45) is 0 Å². The molecule has 2 rings (SSSR count). The maximum atomic E-state index is 10.0. The Labute approximate surface area is 124 Å². The van der Waals surface area contributed by atoms with E-state index in [-0.39, 0.29) is 0 Å². The van der Waals surface area contributed by atoms with Crippen LogP contribution < -0.4 is 10.1 Å². The van der Waals surface area contributed by atoms with E-state index in [0.29, 0.717) is 12.6 Å². The van der Waals surface area contributed by atoms with Gasteiger partial charge in [0.15, 0.2) is 0 Å². The molecule has 2 N–H and O–H groups in total. The van der Waals surface area contributed by atoms with Gasteiger partial charge < -0.3 is 15.2 Å². The van der Waals surface area contributed by atoms with Crippen LogP contribution in [0.3, 0.4) is 0 Å². The monoisotopic (exact) mass is 291 g/mol. The van der Waals surface area contributed by atoms with Gasteiger partial charge in [-0.15, -0.1) is 0 Å². The predicted octanol–water partition coefficient (Wildman–Crippen LogP) is 3.01. The fourth-order valence-electron chi connectivity index (χ4n) is 2.08. The van der Waals surface area contributed by atoms with E-state index in [1.54, 1.807) is 18.4 Å². The van der Waals surface area contributed by atoms with Gasteiger partial charge in [-0.2, -0.15) is 11.3 Å². The lowest BCUT2D eigenvalue weighted by Crippen LogP contribution is -2.31. The first-order valence-corrected chi connectivity index (χ1v) is 7.70. The summed E-state index contributed by atoms with van der Waals surface area (Å²) in [5.74, 6) is 0.877. The summed E-state index contributed by atoms with van der Waals surface area (Å²) in [6.45, 7) is 2.71. The first kappa shape index (κ1) is 15.0. The van der Waals surface area contributed by atoms with Crippen molar-refractivity contribution in [1.82, 2.24) is 5.32 Å². The zero-order valence-electron chi connectivity index (χ0n) is 11.9. The summed E-state index contributed by atoms with van der Waals surface area (Å²) in [7, 11) is 1.67. The number of ether oxygens (including phenoxy) is 1. The molecule has 108 valence electrons. The third-order valence-corrected chi connectivity index (χ3v) is 3.99. The summed E-state index contributed by atoms with van der Waals surface area (Å²) < 4.78 is 5.15. The molecule has 3 nitrogen and oxygen atoms in total. The first-order chi connectivity index (χ1) is 9.69. The van der Waals surface area contributed by atoms with E-state index in [1.807, 2.05) is 29.0 Å². The Morgan fingerprint density at radius 3 is 2.60 bits per heavy atom. The number of hydrogen-bond donors (Lipinski definition) is 2. The minimum atomic E-state index is -0.431. The third kappa shape index (κ3) is 4.34. The molecular formula is C16H21NO2S. The van der Waals surface area contributed by atoms with Crippen molar-refractivity contribution < 1.29 is 9.84 Å². The number of thiophene rings is 1. The van der Waals surface area contributed by atoms with E-state index in [4.69, 9.17) is 4.74 Å². The van der Waals surface area contributed by atoms with Crippen molar-refractivity contribution in [3.8, 4) is 5.75 Å². The number of methoxy groups -OCH3 is 1. The predicted molar refractivity (Wildman–Crippen MR) is 83.4 cm³/mol. The highest BCUT2D eigenvalue weighted by atomic mass is 32.1. The van der Waals surface area contributed by atoms with Crippen LogP contribution >= 0.6 is 11.3 Å². The number of hydrogen-bond acceptors (Lipinski definition) is 4. The normalized spacial score (nSPS) is 13.9. The van der Waals surface area contributed by atoms with Gasteiger partial charge >= 0.3 is 0 Å². The lowest BCUT2D eigenvalue weighted by molar-refractivity contribution is 0.171. The molecule has 2 aromatic rings. The molecule has 0 aliphatic carbocycles. The van der Waals surface area contributed by atoms with E-state index in [0.717, 1.165) is 17.7 Å². The Bertz CT molecular complexity index is 496. The number of aliphatic hydroxyl groups excluding tert-OH is 1. The molecule has 0 radical (unpaired) electrons. The second-order valence-corrected chi connectivity index (χ2v) is 5.71. The Kier molecular flexibility index (Phi) is 5.59. The molecule has 1 aromatic carbocycles. The Hall–Kier alpha value is -1.36. The average Bonchev–Trinajstić information content (AvgIpc) is 3.00.